The molecule has 4 nitrogen and oxygen atoms in total. The zero-order chi connectivity index (χ0) is 18.8. The van der Waals surface area contributed by atoms with Gasteiger partial charge in [-0.1, -0.05) is 18.2 Å². The Morgan fingerprint density at radius 2 is 1.81 bits per heavy atom. The molecule has 1 aliphatic carbocycles. The molecule has 1 fully saturated rings. The standard InChI is InChI=1S/C22H25NO3S/c24-21(19-14-27-20-8-4-3-7-18(19)20)23-11-9-15(10-12-23)13-16-5-1-2-6-17(16)22(25)26/h1-2,5-6,14-15H,3-4,7-13H2,(H,25,26). The van der Waals surface area contributed by atoms with Crippen molar-refractivity contribution in [1.82, 2.24) is 4.90 Å². The molecule has 1 amide bonds. The topological polar surface area (TPSA) is 57.6 Å². The molecule has 0 bridgehead atoms. The second-order valence-electron chi connectivity index (χ2n) is 7.66. The predicted molar refractivity (Wildman–Crippen MR) is 107 cm³/mol. The number of hydrogen-bond acceptors (Lipinski definition) is 3. The molecular weight excluding hydrogens is 358 g/mol. The van der Waals surface area contributed by atoms with Gasteiger partial charge < -0.3 is 10.0 Å². The third kappa shape index (κ3) is 3.79. The SMILES string of the molecule is O=C(O)c1ccccc1CC1CCN(C(=O)c2csc3c2CCCC3)CC1. The van der Waals surface area contributed by atoms with Crippen molar-refractivity contribution in [1.29, 1.82) is 0 Å². The van der Waals surface area contributed by atoms with E-state index in [1.807, 2.05) is 17.0 Å². The van der Waals surface area contributed by atoms with Crippen molar-refractivity contribution in [3.63, 3.8) is 0 Å². The van der Waals surface area contributed by atoms with Gasteiger partial charge in [0.15, 0.2) is 0 Å². The Hall–Kier alpha value is -2.14. The van der Waals surface area contributed by atoms with Crippen molar-refractivity contribution >= 4 is 23.2 Å². The minimum atomic E-state index is -0.861. The molecule has 1 aromatic heterocycles. The second kappa shape index (κ2) is 7.85. The normalized spacial score (nSPS) is 17.6. The molecule has 2 aromatic rings. The van der Waals surface area contributed by atoms with E-state index < -0.39 is 5.97 Å². The minimum absolute atomic E-state index is 0.193. The van der Waals surface area contributed by atoms with Gasteiger partial charge in [-0.2, -0.15) is 0 Å². The highest BCUT2D eigenvalue weighted by molar-refractivity contribution is 7.10. The summed E-state index contributed by atoms with van der Waals surface area (Å²) >= 11 is 1.75. The van der Waals surface area contributed by atoms with Crippen molar-refractivity contribution in [2.24, 2.45) is 5.92 Å². The summed E-state index contributed by atoms with van der Waals surface area (Å²) in [5, 5.41) is 11.4. The van der Waals surface area contributed by atoms with Gasteiger partial charge in [-0.15, -0.1) is 11.3 Å². The number of thiophene rings is 1. The highest BCUT2D eigenvalue weighted by Gasteiger charge is 2.28. The monoisotopic (exact) mass is 383 g/mol. The lowest BCUT2D eigenvalue weighted by Crippen LogP contribution is -2.39. The number of nitrogens with zero attached hydrogens (tertiary/aromatic N) is 1. The first-order valence-electron chi connectivity index (χ1n) is 9.83. The molecule has 2 aliphatic rings. The number of amides is 1. The molecular formula is C22H25NO3S. The van der Waals surface area contributed by atoms with Crippen LogP contribution in [0.15, 0.2) is 29.6 Å². The van der Waals surface area contributed by atoms with E-state index in [1.54, 1.807) is 23.5 Å². The van der Waals surface area contributed by atoms with Crippen LogP contribution in [0.2, 0.25) is 0 Å². The van der Waals surface area contributed by atoms with Gasteiger partial charge in [-0.3, -0.25) is 4.79 Å². The van der Waals surface area contributed by atoms with Crippen LogP contribution in [-0.4, -0.2) is 35.0 Å². The van der Waals surface area contributed by atoms with Gasteiger partial charge in [0.05, 0.1) is 11.1 Å². The zero-order valence-corrected chi connectivity index (χ0v) is 16.3. The molecule has 1 saturated heterocycles. The average Bonchev–Trinajstić information content (AvgIpc) is 3.12. The molecule has 27 heavy (non-hydrogen) atoms. The van der Waals surface area contributed by atoms with E-state index >= 15 is 0 Å². The fourth-order valence-electron chi connectivity index (χ4n) is 4.40. The molecule has 1 aliphatic heterocycles. The van der Waals surface area contributed by atoms with Crippen LogP contribution in [0.4, 0.5) is 0 Å². The summed E-state index contributed by atoms with van der Waals surface area (Å²) in [7, 11) is 0. The first-order chi connectivity index (χ1) is 13.1. The third-order valence-corrected chi connectivity index (χ3v) is 7.04. The summed E-state index contributed by atoms with van der Waals surface area (Å²) in [6.07, 6.45) is 7.25. The van der Waals surface area contributed by atoms with Crippen LogP contribution in [0.3, 0.4) is 0 Å². The Bertz CT molecular complexity index is 849. The van der Waals surface area contributed by atoms with Gasteiger partial charge in [-0.05, 0) is 68.1 Å². The van der Waals surface area contributed by atoms with E-state index in [4.69, 9.17) is 0 Å². The smallest absolute Gasteiger partial charge is 0.335 e. The summed E-state index contributed by atoms with van der Waals surface area (Å²) in [4.78, 5) is 27.8. The molecule has 0 radical (unpaired) electrons. The number of piperidine rings is 1. The summed E-state index contributed by atoms with van der Waals surface area (Å²) in [6.45, 7) is 1.53. The van der Waals surface area contributed by atoms with Crippen LogP contribution in [0.25, 0.3) is 0 Å². The fourth-order valence-corrected chi connectivity index (χ4v) is 5.52. The van der Waals surface area contributed by atoms with Crippen LogP contribution < -0.4 is 0 Å². The lowest BCUT2D eigenvalue weighted by Gasteiger charge is -2.32. The first kappa shape index (κ1) is 18.2. The molecule has 0 unspecified atom stereocenters. The Labute approximate surface area is 163 Å². The number of carbonyl (C=O) groups excluding carboxylic acids is 1. The average molecular weight is 384 g/mol. The van der Waals surface area contributed by atoms with E-state index in [2.05, 4.69) is 5.38 Å². The summed E-state index contributed by atoms with van der Waals surface area (Å²) in [5.41, 5.74) is 3.54. The fraction of sp³-hybridized carbons (Fsp3) is 0.455. The van der Waals surface area contributed by atoms with Crippen molar-refractivity contribution in [2.75, 3.05) is 13.1 Å². The van der Waals surface area contributed by atoms with Gasteiger partial charge in [0, 0.05) is 23.3 Å². The number of carbonyl (C=O) groups is 2. The highest BCUT2D eigenvalue weighted by Crippen LogP contribution is 2.32. The number of carboxylic acid groups (broad SMARTS) is 1. The molecule has 1 N–H and O–H groups in total. The minimum Gasteiger partial charge on any atom is -0.478 e. The van der Waals surface area contributed by atoms with Crippen LogP contribution in [-0.2, 0) is 19.3 Å². The summed E-state index contributed by atoms with van der Waals surface area (Å²) < 4.78 is 0. The Morgan fingerprint density at radius 3 is 2.59 bits per heavy atom. The van der Waals surface area contributed by atoms with Gasteiger partial charge in [0.2, 0.25) is 0 Å². The lowest BCUT2D eigenvalue weighted by molar-refractivity contribution is 0.0689. The van der Waals surface area contributed by atoms with Crippen LogP contribution in [0, 0.1) is 5.92 Å². The Morgan fingerprint density at radius 1 is 1.07 bits per heavy atom. The van der Waals surface area contributed by atoms with Gasteiger partial charge in [0.25, 0.3) is 5.91 Å². The van der Waals surface area contributed by atoms with E-state index in [-0.39, 0.29) is 5.91 Å². The summed E-state index contributed by atoms with van der Waals surface area (Å²) in [5.74, 6) is -0.231. The van der Waals surface area contributed by atoms with Gasteiger partial charge in [-0.25, -0.2) is 4.79 Å². The quantitative estimate of drug-likeness (QED) is 0.850. The maximum atomic E-state index is 13.0. The number of fused-ring (bicyclic) bond motifs is 1. The molecule has 0 saturated carbocycles. The van der Waals surface area contributed by atoms with Crippen molar-refractivity contribution in [2.45, 2.75) is 44.9 Å². The third-order valence-electron chi connectivity index (χ3n) is 5.95. The van der Waals surface area contributed by atoms with Crippen LogP contribution in [0.5, 0.6) is 0 Å². The Balaban J connectivity index is 1.39. The molecule has 4 rings (SSSR count). The molecule has 2 heterocycles. The zero-order valence-electron chi connectivity index (χ0n) is 15.4. The van der Waals surface area contributed by atoms with Crippen molar-refractivity contribution < 1.29 is 14.7 Å². The van der Waals surface area contributed by atoms with Gasteiger partial charge in [0.1, 0.15) is 0 Å². The maximum absolute atomic E-state index is 13.0. The number of likely N-dealkylation sites (tertiary alicyclic amines) is 1. The first-order valence-corrected chi connectivity index (χ1v) is 10.7. The largest absolute Gasteiger partial charge is 0.478 e. The van der Waals surface area contributed by atoms with E-state index in [0.29, 0.717) is 11.5 Å². The molecule has 142 valence electrons. The van der Waals surface area contributed by atoms with Gasteiger partial charge >= 0.3 is 5.97 Å². The number of hydrogen-bond donors (Lipinski definition) is 1. The molecule has 0 spiro atoms. The molecule has 5 heteroatoms. The number of rotatable bonds is 4. The van der Waals surface area contributed by atoms with Crippen molar-refractivity contribution in [3.8, 4) is 0 Å². The van der Waals surface area contributed by atoms with Crippen LogP contribution in [0.1, 0.15) is 62.4 Å². The lowest BCUT2D eigenvalue weighted by atomic mass is 9.88. The van der Waals surface area contributed by atoms with Crippen LogP contribution >= 0.6 is 11.3 Å². The predicted octanol–water partition coefficient (Wildman–Crippen LogP) is 4.42. The van der Waals surface area contributed by atoms with E-state index in [9.17, 15) is 14.7 Å². The number of carboxylic acids is 1. The highest BCUT2D eigenvalue weighted by atomic mass is 32.1. The second-order valence-corrected chi connectivity index (χ2v) is 8.62. The number of benzene rings is 1. The number of aromatic carboxylic acids is 1. The van der Waals surface area contributed by atoms with E-state index in [0.717, 1.165) is 56.3 Å². The maximum Gasteiger partial charge on any atom is 0.335 e. The van der Waals surface area contributed by atoms with Crippen molar-refractivity contribution in [3.05, 3.63) is 56.8 Å². The number of aryl methyl sites for hydroxylation is 1. The molecule has 1 aromatic carbocycles. The van der Waals surface area contributed by atoms with E-state index in [1.165, 1.54) is 23.3 Å². The summed E-state index contributed by atoms with van der Waals surface area (Å²) in [6, 6.07) is 7.27. The Kier molecular flexibility index (Phi) is 5.30. The molecule has 0 atom stereocenters.